The van der Waals surface area contributed by atoms with Crippen molar-refractivity contribution in [2.24, 2.45) is 10.9 Å². The van der Waals surface area contributed by atoms with Crippen LogP contribution >= 0.6 is 24.0 Å². The lowest BCUT2D eigenvalue weighted by molar-refractivity contribution is 0.145. The molecule has 1 aliphatic carbocycles. The fourth-order valence-electron chi connectivity index (χ4n) is 3.39. The number of guanidine groups is 1. The number of benzene rings is 2. The van der Waals surface area contributed by atoms with Crippen LogP contribution in [0.4, 0.5) is 0 Å². The molecule has 2 N–H and O–H groups in total. The normalized spacial score (nSPS) is 18.0. The predicted octanol–water partition coefficient (Wildman–Crippen LogP) is 4.11. The lowest BCUT2D eigenvalue weighted by Crippen LogP contribution is -2.38. The molecule has 0 aromatic heterocycles. The number of halogens is 1. The summed E-state index contributed by atoms with van der Waals surface area (Å²) in [7, 11) is 3.49. The molecule has 3 rings (SSSR count). The maximum absolute atomic E-state index is 5.87. The molecule has 0 aliphatic heterocycles. The zero-order valence-corrected chi connectivity index (χ0v) is 19.8. The highest BCUT2D eigenvalue weighted by Gasteiger charge is 2.37. The molecule has 5 nitrogen and oxygen atoms in total. The van der Waals surface area contributed by atoms with Gasteiger partial charge in [0.1, 0.15) is 12.4 Å². The van der Waals surface area contributed by atoms with E-state index < -0.39 is 0 Å². The second-order valence-corrected chi connectivity index (χ2v) is 7.27. The molecule has 0 radical (unpaired) electrons. The number of aliphatic imine (C=N–C) groups is 1. The van der Waals surface area contributed by atoms with E-state index in [1.54, 1.807) is 7.11 Å². The topological polar surface area (TPSA) is 54.9 Å². The average Bonchev–Trinajstić information content (AvgIpc) is 3.50. The molecule has 1 fully saturated rings. The summed E-state index contributed by atoms with van der Waals surface area (Å²) in [6, 6.07) is 17.0. The van der Waals surface area contributed by atoms with Crippen molar-refractivity contribution in [3.63, 3.8) is 0 Å². The third kappa shape index (κ3) is 7.19. The minimum atomic E-state index is 0. The van der Waals surface area contributed by atoms with Crippen molar-refractivity contribution in [3.05, 3.63) is 65.2 Å². The van der Waals surface area contributed by atoms with Crippen LogP contribution in [-0.2, 0) is 11.3 Å². The molecular formula is C23H32IN3O2. The Balaban J connectivity index is 0.00000300. The molecule has 158 valence electrons. The first-order valence-corrected chi connectivity index (χ1v) is 9.92. The minimum absolute atomic E-state index is 0. The molecule has 0 spiro atoms. The Bertz CT molecular complexity index is 783. The number of methoxy groups -OCH3 is 1. The summed E-state index contributed by atoms with van der Waals surface area (Å²) in [6.45, 7) is 4.79. The zero-order chi connectivity index (χ0) is 19.8. The van der Waals surface area contributed by atoms with Gasteiger partial charge >= 0.3 is 0 Å². The van der Waals surface area contributed by atoms with Crippen LogP contribution in [0.2, 0.25) is 0 Å². The minimum Gasteiger partial charge on any atom is -0.491 e. The summed E-state index contributed by atoms with van der Waals surface area (Å²) in [5.74, 6) is 3.06. The summed E-state index contributed by atoms with van der Waals surface area (Å²) in [6.07, 6.45) is 1.24. The summed E-state index contributed by atoms with van der Waals surface area (Å²) in [5, 5.41) is 6.86. The fourth-order valence-corrected chi connectivity index (χ4v) is 3.39. The van der Waals surface area contributed by atoms with Crippen LogP contribution in [0, 0.1) is 12.8 Å². The molecule has 2 aromatic carbocycles. The van der Waals surface area contributed by atoms with Crippen LogP contribution in [0.25, 0.3) is 0 Å². The monoisotopic (exact) mass is 509 g/mol. The van der Waals surface area contributed by atoms with Crippen molar-refractivity contribution in [3.8, 4) is 5.75 Å². The highest BCUT2D eigenvalue weighted by atomic mass is 127. The van der Waals surface area contributed by atoms with Crippen LogP contribution in [-0.4, -0.2) is 39.9 Å². The molecule has 29 heavy (non-hydrogen) atoms. The van der Waals surface area contributed by atoms with E-state index >= 15 is 0 Å². The number of ether oxygens (including phenoxy) is 2. The lowest BCUT2D eigenvalue weighted by atomic mass is 10.1. The fraction of sp³-hybridized carbons (Fsp3) is 0.435. The van der Waals surface area contributed by atoms with E-state index in [4.69, 9.17) is 9.47 Å². The van der Waals surface area contributed by atoms with Crippen molar-refractivity contribution < 1.29 is 9.47 Å². The number of nitrogens with one attached hydrogen (secondary N) is 2. The van der Waals surface area contributed by atoms with Crippen molar-refractivity contribution in [1.82, 2.24) is 10.6 Å². The van der Waals surface area contributed by atoms with Crippen LogP contribution in [0.5, 0.6) is 5.75 Å². The lowest BCUT2D eigenvalue weighted by Gasteiger charge is -2.15. The first-order chi connectivity index (χ1) is 13.7. The molecular weight excluding hydrogens is 477 g/mol. The highest BCUT2D eigenvalue weighted by Crippen LogP contribution is 2.46. The van der Waals surface area contributed by atoms with Gasteiger partial charge in [0, 0.05) is 32.8 Å². The van der Waals surface area contributed by atoms with Gasteiger partial charge in [-0.05, 0) is 42.4 Å². The quantitative estimate of drug-likeness (QED) is 0.231. The number of nitrogens with zero attached hydrogens (tertiary/aromatic N) is 1. The van der Waals surface area contributed by atoms with Gasteiger partial charge in [-0.3, -0.25) is 4.99 Å². The highest BCUT2D eigenvalue weighted by molar-refractivity contribution is 14.0. The first kappa shape index (κ1) is 23.5. The molecule has 2 aromatic rings. The van der Waals surface area contributed by atoms with E-state index in [-0.39, 0.29) is 24.0 Å². The third-order valence-corrected chi connectivity index (χ3v) is 5.12. The maximum atomic E-state index is 5.87. The Labute approximate surface area is 191 Å². The van der Waals surface area contributed by atoms with E-state index in [9.17, 15) is 0 Å². The molecule has 0 heterocycles. The maximum Gasteiger partial charge on any atom is 0.191 e. The molecule has 0 bridgehead atoms. The standard InChI is InChI=1S/C23H31N3O2.HI/c1-17-9-10-19(22(13-17)28-12-11-27-3)15-25-23(24-2)26-16-20-14-21(20)18-7-5-4-6-8-18;/h4-10,13,20-21H,11-12,14-16H2,1-3H3,(H2,24,25,26);1H. The van der Waals surface area contributed by atoms with E-state index in [0.29, 0.717) is 31.6 Å². The van der Waals surface area contributed by atoms with Gasteiger partial charge in [0.2, 0.25) is 0 Å². The largest absolute Gasteiger partial charge is 0.491 e. The Kier molecular flexibility index (Phi) is 9.73. The van der Waals surface area contributed by atoms with Crippen molar-refractivity contribution >= 4 is 29.9 Å². The van der Waals surface area contributed by atoms with Crippen molar-refractivity contribution in [2.75, 3.05) is 33.9 Å². The summed E-state index contributed by atoms with van der Waals surface area (Å²) in [5.41, 5.74) is 3.73. The summed E-state index contributed by atoms with van der Waals surface area (Å²) in [4.78, 5) is 4.36. The molecule has 0 amide bonds. The van der Waals surface area contributed by atoms with E-state index in [2.05, 4.69) is 71.1 Å². The zero-order valence-electron chi connectivity index (χ0n) is 17.5. The first-order valence-electron chi connectivity index (χ1n) is 9.92. The number of hydrogen-bond acceptors (Lipinski definition) is 3. The number of rotatable bonds is 9. The number of aryl methyl sites for hydroxylation is 1. The van der Waals surface area contributed by atoms with Gasteiger partial charge in [0.25, 0.3) is 0 Å². The molecule has 2 unspecified atom stereocenters. The van der Waals surface area contributed by atoms with Crippen molar-refractivity contribution in [2.45, 2.75) is 25.8 Å². The Morgan fingerprint density at radius 2 is 1.90 bits per heavy atom. The Morgan fingerprint density at radius 3 is 2.62 bits per heavy atom. The van der Waals surface area contributed by atoms with Crippen molar-refractivity contribution in [1.29, 1.82) is 0 Å². The van der Waals surface area contributed by atoms with Gasteiger partial charge in [-0.15, -0.1) is 24.0 Å². The molecule has 0 saturated heterocycles. The molecule has 6 heteroatoms. The van der Waals surface area contributed by atoms with Gasteiger partial charge in [-0.25, -0.2) is 0 Å². The van der Waals surface area contributed by atoms with E-state index in [0.717, 1.165) is 23.8 Å². The Hall–Kier alpha value is -1.80. The van der Waals surface area contributed by atoms with Crippen LogP contribution < -0.4 is 15.4 Å². The molecule has 1 aliphatic rings. The Morgan fingerprint density at radius 1 is 1.10 bits per heavy atom. The van der Waals surface area contributed by atoms with Gasteiger partial charge in [-0.2, -0.15) is 0 Å². The molecule has 1 saturated carbocycles. The van der Waals surface area contributed by atoms with E-state index in [1.165, 1.54) is 17.5 Å². The van der Waals surface area contributed by atoms with Gasteiger partial charge < -0.3 is 20.1 Å². The van der Waals surface area contributed by atoms with Crippen LogP contribution in [0.15, 0.2) is 53.5 Å². The molecule has 2 atom stereocenters. The van der Waals surface area contributed by atoms with Gasteiger partial charge in [-0.1, -0.05) is 42.5 Å². The second-order valence-electron chi connectivity index (χ2n) is 7.27. The smallest absolute Gasteiger partial charge is 0.191 e. The summed E-state index contributed by atoms with van der Waals surface area (Å²) < 4.78 is 11.0. The van der Waals surface area contributed by atoms with E-state index in [1.807, 2.05) is 7.05 Å². The summed E-state index contributed by atoms with van der Waals surface area (Å²) >= 11 is 0. The van der Waals surface area contributed by atoms with Gasteiger partial charge in [0.05, 0.1) is 6.61 Å². The van der Waals surface area contributed by atoms with Gasteiger partial charge in [0.15, 0.2) is 5.96 Å². The van der Waals surface area contributed by atoms with Crippen LogP contribution in [0.1, 0.15) is 29.0 Å². The predicted molar refractivity (Wildman–Crippen MR) is 129 cm³/mol. The SMILES string of the molecule is CN=C(NCc1ccc(C)cc1OCCOC)NCC1CC1c1ccccc1.I. The second kappa shape index (κ2) is 12.0. The average molecular weight is 509 g/mol. The van der Waals surface area contributed by atoms with Crippen LogP contribution in [0.3, 0.4) is 0 Å². The third-order valence-electron chi connectivity index (χ3n) is 5.12. The number of hydrogen-bond donors (Lipinski definition) is 2.